The number of carbonyl (C=O) groups excluding carboxylic acids is 1. The molecule has 0 aliphatic rings. The predicted octanol–water partition coefficient (Wildman–Crippen LogP) is 3.63. The molecule has 3 nitrogen and oxygen atoms in total. The van der Waals surface area contributed by atoms with Crippen LogP contribution in [0.3, 0.4) is 0 Å². The summed E-state index contributed by atoms with van der Waals surface area (Å²) >= 11 is 5.68. The van der Waals surface area contributed by atoms with Gasteiger partial charge in [0.05, 0.1) is 5.02 Å². The molecule has 17 heavy (non-hydrogen) atoms. The second kappa shape index (κ2) is 5.87. The van der Waals surface area contributed by atoms with Gasteiger partial charge in [0, 0.05) is 19.2 Å². The van der Waals surface area contributed by atoms with Crippen molar-refractivity contribution in [1.29, 1.82) is 0 Å². The van der Waals surface area contributed by atoms with Crippen LogP contribution in [0.4, 0.5) is 9.18 Å². The first-order chi connectivity index (χ1) is 7.99. The van der Waals surface area contributed by atoms with Crippen LogP contribution in [-0.2, 0) is 0 Å². The van der Waals surface area contributed by atoms with Gasteiger partial charge in [-0.3, -0.25) is 0 Å². The van der Waals surface area contributed by atoms with Crippen LogP contribution in [0.2, 0.25) is 5.02 Å². The van der Waals surface area contributed by atoms with Crippen molar-refractivity contribution in [2.45, 2.75) is 20.8 Å². The molecule has 0 fully saturated rings. The molecule has 0 heterocycles. The highest BCUT2D eigenvalue weighted by molar-refractivity contribution is 6.31. The van der Waals surface area contributed by atoms with Crippen LogP contribution in [-0.4, -0.2) is 24.1 Å². The largest absolute Gasteiger partial charge is 0.415 e. The predicted molar refractivity (Wildman–Crippen MR) is 65.1 cm³/mol. The molecule has 0 bridgehead atoms. The molecule has 0 saturated heterocycles. The van der Waals surface area contributed by atoms with E-state index in [0.717, 1.165) is 6.07 Å². The zero-order valence-corrected chi connectivity index (χ0v) is 10.8. The second-order valence-electron chi connectivity index (χ2n) is 3.58. The molecule has 0 aliphatic heterocycles. The van der Waals surface area contributed by atoms with E-state index in [4.69, 9.17) is 16.3 Å². The Morgan fingerprint density at radius 1 is 1.41 bits per heavy atom. The highest BCUT2D eigenvalue weighted by Crippen LogP contribution is 2.25. The monoisotopic (exact) mass is 259 g/mol. The molecule has 1 aromatic carbocycles. The first kappa shape index (κ1) is 13.8. The number of halogens is 2. The van der Waals surface area contributed by atoms with Crippen molar-refractivity contribution in [1.82, 2.24) is 4.90 Å². The van der Waals surface area contributed by atoms with E-state index in [1.54, 1.807) is 6.92 Å². The fourth-order valence-electron chi connectivity index (χ4n) is 1.40. The number of hydrogen-bond acceptors (Lipinski definition) is 2. The molecular formula is C12H15ClFNO2. The van der Waals surface area contributed by atoms with E-state index in [9.17, 15) is 9.18 Å². The number of nitrogens with zero attached hydrogens (tertiary/aromatic N) is 1. The molecule has 5 heteroatoms. The molecule has 0 atom stereocenters. The summed E-state index contributed by atoms with van der Waals surface area (Å²) in [5.74, 6) is -0.421. The number of rotatable bonds is 3. The summed E-state index contributed by atoms with van der Waals surface area (Å²) < 4.78 is 18.4. The van der Waals surface area contributed by atoms with Gasteiger partial charge in [-0.2, -0.15) is 0 Å². The van der Waals surface area contributed by atoms with Gasteiger partial charge in [-0.15, -0.1) is 0 Å². The van der Waals surface area contributed by atoms with E-state index in [2.05, 4.69) is 0 Å². The third-order valence-electron chi connectivity index (χ3n) is 2.41. The Morgan fingerprint density at radius 2 is 2.00 bits per heavy atom. The van der Waals surface area contributed by atoms with Crippen molar-refractivity contribution in [2.24, 2.45) is 0 Å². The summed E-state index contributed by atoms with van der Waals surface area (Å²) in [6.45, 7) is 6.44. The van der Waals surface area contributed by atoms with Crippen molar-refractivity contribution in [3.05, 3.63) is 28.5 Å². The molecule has 1 aromatic rings. The molecule has 0 N–H and O–H groups in total. The zero-order chi connectivity index (χ0) is 13.0. The van der Waals surface area contributed by atoms with Crippen molar-refractivity contribution in [3.8, 4) is 5.75 Å². The second-order valence-corrected chi connectivity index (χ2v) is 3.95. The topological polar surface area (TPSA) is 29.5 Å². The number of carbonyl (C=O) groups is 1. The Hall–Kier alpha value is -1.29. The van der Waals surface area contributed by atoms with Crippen molar-refractivity contribution < 1.29 is 13.9 Å². The van der Waals surface area contributed by atoms with E-state index < -0.39 is 11.9 Å². The molecule has 0 saturated carbocycles. The van der Waals surface area contributed by atoms with Crippen LogP contribution in [0.1, 0.15) is 19.4 Å². The van der Waals surface area contributed by atoms with Crippen molar-refractivity contribution >= 4 is 17.7 Å². The normalized spacial score (nSPS) is 10.2. The molecule has 0 radical (unpaired) electrons. The highest BCUT2D eigenvalue weighted by Gasteiger charge is 2.14. The van der Waals surface area contributed by atoms with Gasteiger partial charge in [-0.1, -0.05) is 11.6 Å². The number of benzene rings is 1. The van der Waals surface area contributed by atoms with Gasteiger partial charge in [-0.05, 0) is 32.4 Å². The number of hydrogen-bond donors (Lipinski definition) is 0. The van der Waals surface area contributed by atoms with Gasteiger partial charge in [-0.25, -0.2) is 9.18 Å². The molecule has 94 valence electrons. The van der Waals surface area contributed by atoms with Crippen LogP contribution in [0, 0.1) is 12.7 Å². The molecule has 0 aliphatic carbocycles. The Labute approximate surface area is 105 Å². The average Bonchev–Trinajstić information content (AvgIpc) is 2.27. The molecule has 1 amide bonds. The minimum atomic E-state index is -0.589. The maximum Gasteiger partial charge on any atom is 0.415 e. The van der Waals surface area contributed by atoms with Crippen LogP contribution in [0.25, 0.3) is 0 Å². The van der Waals surface area contributed by atoms with Crippen LogP contribution in [0.5, 0.6) is 5.75 Å². The van der Waals surface area contributed by atoms with Crippen LogP contribution in [0.15, 0.2) is 12.1 Å². The van der Waals surface area contributed by atoms with Gasteiger partial charge in [0.1, 0.15) is 11.6 Å². The van der Waals surface area contributed by atoms with Gasteiger partial charge in [0.2, 0.25) is 0 Å². The van der Waals surface area contributed by atoms with Crippen molar-refractivity contribution in [2.75, 3.05) is 13.1 Å². The zero-order valence-electron chi connectivity index (χ0n) is 10.1. The lowest BCUT2D eigenvalue weighted by Gasteiger charge is -2.18. The SMILES string of the molecule is CCN(CC)C(=O)Oc1cc(C)c(Cl)c(F)c1. The van der Waals surface area contributed by atoms with Gasteiger partial charge in [0.15, 0.2) is 0 Å². The van der Waals surface area contributed by atoms with E-state index in [1.165, 1.54) is 11.0 Å². The van der Waals surface area contributed by atoms with E-state index >= 15 is 0 Å². The molecular weight excluding hydrogens is 245 g/mol. The Morgan fingerprint density at radius 3 is 2.47 bits per heavy atom. The summed E-state index contributed by atoms with van der Waals surface area (Å²) in [6, 6.07) is 2.64. The van der Waals surface area contributed by atoms with Crippen LogP contribution >= 0.6 is 11.6 Å². The summed E-state index contributed by atoms with van der Waals surface area (Å²) in [6.07, 6.45) is -0.490. The minimum Gasteiger partial charge on any atom is -0.410 e. The molecule has 1 rings (SSSR count). The Kier molecular flexibility index (Phi) is 4.75. The Balaban J connectivity index is 2.85. The highest BCUT2D eigenvalue weighted by atomic mass is 35.5. The van der Waals surface area contributed by atoms with Gasteiger partial charge in [0.25, 0.3) is 0 Å². The van der Waals surface area contributed by atoms with E-state index in [1.807, 2.05) is 13.8 Å². The van der Waals surface area contributed by atoms with E-state index in [-0.39, 0.29) is 10.8 Å². The lowest BCUT2D eigenvalue weighted by molar-refractivity contribution is 0.157. The molecule has 0 unspecified atom stereocenters. The van der Waals surface area contributed by atoms with Crippen LogP contribution < -0.4 is 4.74 Å². The number of aryl methyl sites for hydroxylation is 1. The van der Waals surface area contributed by atoms with Crippen molar-refractivity contribution in [3.63, 3.8) is 0 Å². The lowest BCUT2D eigenvalue weighted by Crippen LogP contribution is -2.33. The quantitative estimate of drug-likeness (QED) is 0.830. The third kappa shape index (κ3) is 3.33. The maximum atomic E-state index is 13.3. The smallest absolute Gasteiger partial charge is 0.410 e. The first-order valence-corrected chi connectivity index (χ1v) is 5.79. The summed E-state index contributed by atoms with van der Waals surface area (Å²) in [4.78, 5) is 13.1. The minimum absolute atomic E-state index is 0.0487. The number of ether oxygens (including phenoxy) is 1. The molecule has 0 aromatic heterocycles. The average molecular weight is 260 g/mol. The summed E-state index contributed by atoms with van der Waals surface area (Å²) in [7, 11) is 0. The first-order valence-electron chi connectivity index (χ1n) is 5.42. The fourth-order valence-corrected chi connectivity index (χ4v) is 1.51. The summed E-state index contributed by atoms with van der Waals surface area (Å²) in [5, 5.41) is 0.0487. The summed E-state index contributed by atoms with van der Waals surface area (Å²) in [5.41, 5.74) is 0.536. The fraction of sp³-hybridized carbons (Fsp3) is 0.417. The van der Waals surface area contributed by atoms with E-state index in [0.29, 0.717) is 18.7 Å². The Bertz CT molecular complexity index is 396. The number of amides is 1. The van der Waals surface area contributed by atoms with Gasteiger partial charge < -0.3 is 9.64 Å². The third-order valence-corrected chi connectivity index (χ3v) is 2.89. The lowest BCUT2D eigenvalue weighted by atomic mass is 10.2. The standard InChI is InChI=1S/C12H15ClFNO2/c1-4-15(5-2)12(16)17-9-6-8(3)11(13)10(14)7-9/h6-7H,4-5H2,1-3H3. The van der Waals surface area contributed by atoms with Gasteiger partial charge >= 0.3 is 6.09 Å². The molecule has 0 spiro atoms. The maximum absolute atomic E-state index is 13.3.